The highest BCUT2D eigenvalue weighted by Crippen LogP contribution is 2.24. The van der Waals surface area contributed by atoms with E-state index in [0.29, 0.717) is 11.2 Å². The number of benzene rings is 1. The number of thioether (sulfide) groups is 1. The molecule has 1 amide bonds. The number of hydrogen-bond donors (Lipinski definition) is 1. The maximum Gasteiger partial charge on any atom is 0.279 e. The predicted molar refractivity (Wildman–Crippen MR) is 72.5 cm³/mol. The molecule has 19 heavy (non-hydrogen) atoms. The molecule has 1 aromatic rings. The number of nitro groups is 1. The van der Waals surface area contributed by atoms with E-state index in [1.165, 1.54) is 30.0 Å². The summed E-state index contributed by atoms with van der Waals surface area (Å²) in [5.74, 6) is 0.0832. The first-order valence-corrected chi connectivity index (χ1v) is 6.58. The van der Waals surface area contributed by atoms with E-state index in [4.69, 9.17) is 0 Å². The normalized spacial score (nSPS) is 10.3. The highest BCUT2D eigenvalue weighted by atomic mass is 32.2. The third-order valence-electron chi connectivity index (χ3n) is 2.14. The zero-order valence-corrected chi connectivity index (χ0v) is 11.4. The van der Waals surface area contributed by atoms with Crippen molar-refractivity contribution in [2.24, 2.45) is 0 Å². The lowest BCUT2D eigenvalue weighted by Crippen LogP contribution is -2.31. The van der Waals surface area contributed by atoms with Crippen molar-refractivity contribution >= 4 is 29.6 Å². The van der Waals surface area contributed by atoms with Crippen LogP contribution in [0.15, 0.2) is 23.1 Å². The lowest BCUT2D eigenvalue weighted by atomic mass is 10.2. The summed E-state index contributed by atoms with van der Waals surface area (Å²) in [6.07, 6.45) is 0.441. The van der Waals surface area contributed by atoms with Gasteiger partial charge in [0.25, 0.3) is 5.69 Å². The van der Waals surface area contributed by atoms with Gasteiger partial charge in [-0.1, -0.05) is 0 Å². The fourth-order valence-corrected chi connectivity index (χ4v) is 2.15. The third kappa shape index (κ3) is 4.70. The van der Waals surface area contributed by atoms with Gasteiger partial charge >= 0.3 is 0 Å². The van der Waals surface area contributed by atoms with Crippen LogP contribution in [-0.2, 0) is 4.79 Å². The van der Waals surface area contributed by atoms with Crippen molar-refractivity contribution in [1.29, 1.82) is 0 Å². The van der Waals surface area contributed by atoms with Gasteiger partial charge in [-0.15, -0.1) is 11.8 Å². The van der Waals surface area contributed by atoms with Crippen LogP contribution >= 0.6 is 11.8 Å². The molecule has 0 spiro atoms. The van der Waals surface area contributed by atoms with Gasteiger partial charge in [0.1, 0.15) is 0 Å². The van der Waals surface area contributed by atoms with Gasteiger partial charge in [0.15, 0.2) is 6.29 Å². The average molecular weight is 282 g/mol. The Balaban J connectivity index is 2.73. The molecule has 0 aliphatic heterocycles. The van der Waals surface area contributed by atoms with Crippen LogP contribution in [0.5, 0.6) is 0 Å². The molecule has 0 radical (unpaired) electrons. The van der Waals surface area contributed by atoms with E-state index in [0.717, 1.165) is 0 Å². The summed E-state index contributed by atoms with van der Waals surface area (Å²) in [5.41, 5.74) is -0.217. The van der Waals surface area contributed by atoms with Gasteiger partial charge < -0.3 is 5.32 Å². The Labute approximate surface area is 114 Å². The number of carbonyl (C=O) groups is 2. The second kappa shape index (κ2) is 6.89. The molecule has 0 heterocycles. The van der Waals surface area contributed by atoms with E-state index in [1.807, 2.05) is 13.8 Å². The SMILES string of the molecule is CC(C)NC(=O)CSc1ccc([N+](=O)[O-])c(C=O)c1. The third-order valence-corrected chi connectivity index (χ3v) is 3.14. The molecule has 0 aliphatic rings. The molecular weight excluding hydrogens is 268 g/mol. The van der Waals surface area contributed by atoms with Gasteiger partial charge in [-0.2, -0.15) is 0 Å². The molecule has 1 aromatic carbocycles. The monoisotopic (exact) mass is 282 g/mol. The molecule has 0 saturated carbocycles. The molecule has 0 unspecified atom stereocenters. The van der Waals surface area contributed by atoms with Crippen molar-refractivity contribution < 1.29 is 14.5 Å². The Morgan fingerprint density at radius 2 is 2.21 bits per heavy atom. The minimum Gasteiger partial charge on any atom is -0.353 e. The maximum atomic E-state index is 11.4. The van der Waals surface area contributed by atoms with Crippen LogP contribution in [0, 0.1) is 10.1 Å². The zero-order chi connectivity index (χ0) is 14.4. The van der Waals surface area contributed by atoms with Crippen LogP contribution in [0.3, 0.4) is 0 Å². The number of rotatable bonds is 6. The van der Waals surface area contributed by atoms with Crippen molar-refractivity contribution in [1.82, 2.24) is 5.32 Å². The molecule has 0 fully saturated rings. The van der Waals surface area contributed by atoms with Crippen molar-refractivity contribution in [3.8, 4) is 0 Å². The molecule has 1 rings (SSSR count). The van der Waals surface area contributed by atoms with Crippen LogP contribution in [-0.4, -0.2) is 28.9 Å². The molecule has 0 atom stereocenters. The number of nitro benzene ring substituents is 1. The fraction of sp³-hybridized carbons (Fsp3) is 0.333. The quantitative estimate of drug-likeness (QED) is 0.373. The van der Waals surface area contributed by atoms with E-state index in [2.05, 4.69) is 5.32 Å². The minimum atomic E-state index is -0.607. The molecule has 0 bridgehead atoms. The molecular formula is C12H14N2O4S. The molecule has 0 aromatic heterocycles. The smallest absolute Gasteiger partial charge is 0.279 e. The van der Waals surface area contributed by atoms with E-state index >= 15 is 0 Å². The molecule has 102 valence electrons. The number of amides is 1. The summed E-state index contributed by atoms with van der Waals surface area (Å²) in [6.45, 7) is 3.72. The van der Waals surface area contributed by atoms with Crippen LogP contribution in [0.4, 0.5) is 5.69 Å². The first-order valence-electron chi connectivity index (χ1n) is 5.60. The van der Waals surface area contributed by atoms with E-state index < -0.39 is 4.92 Å². The number of nitrogens with zero attached hydrogens (tertiary/aromatic N) is 1. The summed E-state index contributed by atoms with van der Waals surface area (Å²) in [6, 6.07) is 4.28. The predicted octanol–water partition coefficient (Wildman–Crippen LogP) is 2.02. The number of hydrogen-bond acceptors (Lipinski definition) is 5. The van der Waals surface area contributed by atoms with Crippen LogP contribution in [0.2, 0.25) is 0 Å². The molecule has 0 aliphatic carbocycles. The summed E-state index contributed by atoms with van der Waals surface area (Å²) >= 11 is 1.23. The zero-order valence-electron chi connectivity index (χ0n) is 10.6. The average Bonchev–Trinajstić information content (AvgIpc) is 2.34. The summed E-state index contributed by atoms with van der Waals surface area (Å²) < 4.78 is 0. The van der Waals surface area contributed by atoms with Crippen LogP contribution < -0.4 is 5.32 Å². The lowest BCUT2D eigenvalue weighted by molar-refractivity contribution is -0.385. The molecule has 6 nitrogen and oxygen atoms in total. The summed E-state index contributed by atoms with van der Waals surface area (Å²) in [4.78, 5) is 32.9. The van der Waals surface area contributed by atoms with Crippen molar-refractivity contribution in [3.05, 3.63) is 33.9 Å². The van der Waals surface area contributed by atoms with Gasteiger partial charge in [-0.3, -0.25) is 19.7 Å². The van der Waals surface area contributed by atoms with Gasteiger partial charge in [0.2, 0.25) is 5.91 Å². The lowest BCUT2D eigenvalue weighted by Gasteiger charge is -2.08. The van der Waals surface area contributed by atoms with Gasteiger partial charge in [0, 0.05) is 17.0 Å². The highest BCUT2D eigenvalue weighted by molar-refractivity contribution is 8.00. The Bertz CT molecular complexity index is 503. The topological polar surface area (TPSA) is 89.3 Å². The first-order chi connectivity index (χ1) is 8.93. The van der Waals surface area contributed by atoms with E-state index in [1.54, 1.807) is 0 Å². The fourth-order valence-electron chi connectivity index (χ4n) is 1.40. The molecule has 0 saturated heterocycles. The van der Waals surface area contributed by atoms with Crippen molar-refractivity contribution in [2.45, 2.75) is 24.8 Å². The van der Waals surface area contributed by atoms with Crippen LogP contribution in [0.1, 0.15) is 24.2 Å². The Hall–Kier alpha value is -1.89. The van der Waals surface area contributed by atoms with Crippen LogP contribution in [0.25, 0.3) is 0 Å². The van der Waals surface area contributed by atoms with Crippen molar-refractivity contribution in [3.63, 3.8) is 0 Å². The Morgan fingerprint density at radius 3 is 2.74 bits per heavy atom. The second-order valence-corrected chi connectivity index (χ2v) is 5.16. The van der Waals surface area contributed by atoms with Gasteiger partial charge in [-0.25, -0.2) is 0 Å². The van der Waals surface area contributed by atoms with E-state index in [9.17, 15) is 19.7 Å². The first kappa shape index (κ1) is 15.2. The van der Waals surface area contributed by atoms with Gasteiger partial charge in [-0.05, 0) is 26.0 Å². The van der Waals surface area contributed by atoms with E-state index in [-0.39, 0.29) is 29.0 Å². The van der Waals surface area contributed by atoms with Crippen molar-refractivity contribution in [2.75, 3.05) is 5.75 Å². The minimum absolute atomic E-state index is 0.0132. The standard InChI is InChI=1S/C12H14N2O4S/c1-8(2)13-12(16)7-19-10-3-4-11(14(17)18)9(5-10)6-15/h3-6,8H,7H2,1-2H3,(H,13,16). The summed E-state index contributed by atoms with van der Waals surface area (Å²) in [5, 5.41) is 13.4. The maximum absolute atomic E-state index is 11.4. The largest absolute Gasteiger partial charge is 0.353 e. The molecule has 1 N–H and O–H groups in total. The summed E-state index contributed by atoms with van der Waals surface area (Å²) in [7, 11) is 0. The number of nitrogens with one attached hydrogen (secondary N) is 1. The number of aldehydes is 1. The Kier molecular flexibility index (Phi) is 5.50. The second-order valence-electron chi connectivity index (χ2n) is 4.11. The number of carbonyl (C=O) groups excluding carboxylic acids is 2. The molecule has 7 heteroatoms. The highest BCUT2D eigenvalue weighted by Gasteiger charge is 2.14. The van der Waals surface area contributed by atoms with Gasteiger partial charge in [0.05, 0.1) is 16.2 Å². The Morgan fingerprint density at radius 1 is 1.53 bits per heavy atom.